The predicted octanol–water partition coefficient (Wildman–Crippen LogP) is 3.38. The molecular formula is C19H19N3O. The zero-order chi connectivity index (χ0) is 15.6. The van der Waals surface area contributed by atoms with E-state index < -0.39 is 0 Å². The van der Waals surface area contributed by atoms with Crippen molar-refractivity contribution < 1.29 is 0 Å². The average molecular weight is 305 g/mol. The fourth-order valence-corrected chi connectivity index (χ4v) is 3.26. The minimum atomic E-state index is -0.0624. The first-order valence-corrected chi connectivity index (χ1v) is 8.17. The van der Waals surface area contributed by atoms with Crippen molar-refractivity contribution in [3.63, 3.8) is 0 Å². The second kappa shape index (κ2) is 5.88. The van der Waals surface area contributed by atoms with Crippen molar-refractivity contribution in [1.29, 1.82) is 0 Å². The number of fused-ring (bicyclic) bond motifs is 1. The minimum Gasteiger partial charge on any atom is -0.355 e. The molecule has 1 aliphatic rings. The van der Waals surface area contributed by atoms with Gasteiger partial charge in [0, 0.05) is 18.5 Å². The van der Waals surface area contributed by atoms with Gasteiger partial charge in [0.05, 0.1) is 11.1 Å². The molecule has 3 aromatic rings. The summed E-state index contributed by atoms with van der Waals surface area (Å²) in [6.45, 7) is 2.01. The lowest BCUT2D eigenvalue weighted by molar-refractivity contribution is 0.569. The quantitative estimate of drug-likeness (QED) is 0.728. The van der Waals surface area contributed by atoms with Crippen molar-refractivity contribution in [3.8, 4) is 5.69 Å². The highest BCUT2D eigenvalue weighted by molar-refractivity contribution is 5.91. The van der Waals surface area contributed by atoms with Gasteiger partial charge in [0.15, 0.2) is 5.82 Å². The lowest BCUT2D eigenvalue weighted by Gasteiger charge is -2.29. The first kappa shape index (κ1) is 14.0. The van der Waals surface area contributed by atoms with Gasteiger partial charge in [-0.1, -0.05) is 36.4 Å². The molecule has 2 heterocycles. The standard InChI is InChI=1S/C19H19N3O/c23-19-17-12-6-5-11-16(17)18(21-13-7-2-8-14-21)20-22(19)15-9-3-1-4-10-15/h1,3-6,9-12H,2,7-8,13-14H2. The van der Waals surface area contributed by atoms with Gasteiger partial charge in [0.25, 0.3) is 5.56 Å². The molecule has 1 saturated heterocycles. The molecule has 1 aromatic heterocycles. The number of hydrogen-bond acceptors (Lipinski definition) is 3. The molecular weight excluding hydrogens is 286 g/mol. The van der Waals surface area contributed by atoms with Gasteiger partial charge in [0.2, 0.25) is 0 Å². The highest BCUT2D eigenvalue weighted by atomic mass is 16.1. The van der Waals surface area contributed by atoms with Crippen LogP contribution < -0.4 is 10.5 Å². The van der Waals surface area contributed by atoms with Crippen LogP contribution in [-0.4, -0.2) is 22.9 Å². The normalized spacial score (nSPS) is 15.0. The van der Waals surface area contributed by atoms with Crippen molar-refractivity contribution >= 4 is 16.6 Å². The van der Waals surface area contributed by atoms with Gasteiger partial charge in [-0.05, 0) is 37.5 Å². The van der Waals surface area contributed by atoms with E-state index in [2.05, 4.69) is 4.90 Å². The monoisotopic (exact) mass is 305 g/mol. The van der Waals surface area contributed by atoms with Crippen LogP contribution in [0, 0.1) is 0 Å². The van der Waals surface area contributed by atoms with Gasteiger partial charge in [-0.25, -0.2) is 0 Å². The number of piperidine rings is 1. The molecule has 0 saturated carbocycles. The van der Waals surface area contributed by atoms with E-state index in [4.69, 9.17) is 5.10 Å². The van der Waals surface area contributed by atoms with Crippen LogP contribution in [0.3, 0.4) is 0 Å². The van der Waals surface area contributed by atoms with E-state index in [1.165, 1.54) is 23.9 Å². The van der Waals surface area contributed by atoms with Crippen LogP contribution in [0.1, 0.15) is 19.3 Å². The highest BCUT2D eigenvalue weighted by Gasteiger charge is 2.18. The van der Waals surface area contributed by atoms with E-state index in [9.17, 15) is 4.79 Å². The molecule has 0 amide bonds. The summed E-state index contributed by atoms with van der Waals surface area (Å²) in [5.74, 6) is 0.920. The summed E-state index contributed by atoms with van der Waals surface area (Å²) >= 11 is 0. The third-order valence-electron chi connectivity index (χ3n) is 4.44. The van der Waals surface area contributed by atoms with E-state index >= 15 is 0 Å². The Balaban J connectivity index is 1.97. The van der Waals surface area contributed by atoms with Crippen molar-refractivity contribution in [2.24, 2.45) is 0 Å². The number of para-hydroxylation sites is 1. The molecule has 0 radical (unpaired) electrons. The Morgan fingerprint density at radius 3 is 2.17 bits per heavy atom. The Kier molecular flexibility index (Phi) is 3.58. The van der Waals surface area contributed by atoms with Crippen LogP contribution in [-0.2, 0) is 0 Å². The van der Waals surface area contributed by atoms with Gasteiger partial charge in [-0.15, -0.1) is 5.10 Å². The summed E-state index contributed by atoms with van der Waals surface area (Å²) in [7, 11) is 0. The van der Waals surface area contributed by atoms with Gasteiger partial charge in [-0.3, -0.25) is 4.79 Å². The average Bonchev–Trinajstić information content (AvgIpc) is 2.64. The zero-order valence-electron chi connectivity index (χ0n) is 13.0. The molecule has 0 spiro atoms. The van der Waals surface area contributed by atoms with Gasteiger partial charge >= 0.3 is 0 Å². The molecule has 4 nitrogen and oxygen atoms in total. The number of anilines is 1. The molecule has 0 bridgehead atoms. The molecule has 0 aliphatic carbocycles. The molecule has 23 heavy (non-hydrogen) atoms. The van der Waals surface area contributed by atoms with Gasteiger partial charge < -0.3 is 4.90 Å². The van der Waals surface area contributed by atoms with Crippen molar-refractivity contribution in [2.75, 3.05) is 18.0 Å². The first-order valence-electron chi connectivity index (χ1n) is 8.17. The first-order chi connectivity index (χ1) is 11.3. The number of aromatic nitrogens is 2. The van der Waals surface area contributed by atoms with Gasteiger partial charge in [-0.2, -0.15) is 4.68 Å². The number of benzene rings is 2. The van der Waals surface area contributed by atoms with E-state index in [-0.39, 0.29) is 5.56 Å². The van der Waals surface area contributed by atoms with Crippen molar-refractivity contribution in [2.45, 2.75) is 19.3 Å². The third kappa shape index (κ3) is 2.50. The molecule has 0 atom stereocenters. The molecule has 0 unspecified atom stereocenters. The minimum absolute atomic E-state index is 0.0624. The highest BCUT2D eigenvalue weighted by Crippen LogP contribution is 2.25. The summed E-state index contributed by atoms with van der Waals surface area (Å²) in [6.07, 6.45) is 3.63. The van der Waals surface area contributed by atoms with Crippen molar-refractivity contribution in [3.05, 3.63) is 65.0 Å². The van der Waals surface area contributed by atoms with Crippen LogP contribution in [0.2, 0.25) is 0 Å². The maximum Gasteiger partial charge on any atom is 0.279 e. The van der Waals surface area contributed by atoms with Crippen LogP contribution in [0.5, 0.6) is 0 Å². The summed E-state index contributed by atoms with van der Waals surface area (Å²) in [5.41, 5.74) is 0.745. The lowest BCUT2D eigenvalue weighted by Crippen LogP contribution is -2.33. The third-order valence-corrected chi connectivity index (χ3v) is 4.44. The molecule has 116 valence electrons. The van der Waals surface area contributed by atoms with Crippen LogP contribution in [0.15, 0.2) is 59.4 Å². The number of hydrogen-bond donors (Lipinski definition) is 0. The van der Waals surface area contributed by atoms with E-state index in [1.807, 2.05) is 54.6 Å². The van der Waals surface area contributed by atoms with Crippen molar-refractivity contribution in [1.82, 2.24) is 9.78 Å². The Labute approximate surface area is 135 Å². The van der Waals surface area contributed by atoms with Crippen LogP contribution >= 0.6 is 0 Å². The summed E-state index contributed by atoms with van der Waals surface area (Å²) < 4.78 is 1.53. The zero-order valence-corrected chi connectivity index (χ0v) is 13.0. The summed E-state index contributed by atoms with van der Waals surface area (Å²) in [6, 6.07) is 17.4. The molecule has 1 fully saturated rings. The largest absolute Gasteiger partial charge is 0.355 e. The van der Waals surface area contributed by atoms with Crippen LogP contribution in [0.25, 0.3) is 16.5 Å². The Morgan fingerprint density at radius 2 is 1.43 bits per heavy atom. The maximum atomic E-state index is 12.8. The second-order valence-corrected chi connectivity index (χ2v) is 5.97. The Morgan fingerprint density at radius 1 is 0.783 bits per heavy atom. The van der Waals surface area contributed by atoms with E-state index in [1.54, 1.807) is 0 Å². The smallest absolute Gasteiger partial charge is 0.279 e. The molecule has 4 heteroatoms. The number of rotatable bonds is 2. The maximum absolute atomic E-state index is 12.8. The van der Waals surface area contributed by atoms with Crippen LogP contribution in [0.4, 0.5) is 5.82 Å². The summed E-state index contributed by atoms with van der Waals surface area (Å²) in [4.78, 5) is 15.2. The SMILES string of the molecule is O=c1c2ccccc2c(N2CCCCC2)nn1-c1ccccc1. The second-order valence-electron chi connectivity index (χ2n) is 5.97. The Bertz CT molecular complexity index is 880. The molecule has 2 aromatic carbocycles. The van der Waals surface area contributed by atoms with Gasteiger partial charge in [0.1, 0.15) is 0 Å². The summed E-state index contributed by atoms with van der Waals surface area (Å²) in [5, 5.41) is 6.40. The van der Waals surface area contributed by atoms with E-state index in [0.29, 0.717) is 0 Å². The topological polar surface area (TPSA) is 38.1 Å². The lowest BCUT2D eigenvalue weighted by atomic mass is 10.1. The fourth-order valence-electron chi connectivity index (χ4n) is 3.26. The molecule has 4 rings (SSSR count). The fraction of sp³-hybridized carbons (Fsp3) is 0.263. The molecule has 0 N–H and O–H groups in total. The number of nitrogens with zero attached hydrogens (tertiary/aromatic N) is 3. The van der Waals surface area contributed by atoms with E-state index in [0.717, 1.165) is 35.4 Å². The molecule has 1 aliphatic heterocycles. The Hall–Kier alpha value is -2.62. The predicted molar refractivity (Wildman–Crippen MR) is 93.4 cm³/mol.